The molecule has 0 saturated carbocycles. The molecule has 0 amide bonds. The summed E-state index contributed by atoms with van der Waals surface area (Å²) in [5, 5.41) is 0.0737. The number of halogens is 2. The number of rotatable bonds is 2. The van der Waals surface area contributed by atoms with E-state index >= 15 is 0 Å². The Morgan fingerprint density at radius 2 is 1.95 bits per heavy atom. The van der Waals surface area contributed by atoms with Crippen molar-refractivity contribution >= 4 is 23.1 Å². The lowest BCUT2D eigenvalue weighted by Gasteiger charge is -2.28. The first-order valence-corrected chi connectivity index (χ1v) is 7.07. The molecule has 0 spiro atoms. The Kier molecular flexibility index (Phi) is 3.94. The molecule has 3 rings (SSSR count). The third-order valence-corrected chi connectivity index (χ3v) is 3.67. The maximum atomic E-state index is 13.3. The van der Waals surface area contributed by atoms with Crippen LogP contribution in [-0.2, 0) is 4.74 Å². The summed E-state index contributed by atoms with van der Waals surface area (Å²) in [6, 6.07) is 8.12. The molecule has 6 heteroatoms. The van der Waals surface area contributed by atoms with Gasteiger partial charge in [0.1, 0.15) is 11.6 Å². The first kappa shape index (κ1) is 14.1. The predicted octanol–water partition coefficient (Wildman–Crippen LogP) is 2.96. The van der Waals surface area contributed by atoms with Crippen LogP contribution in [0.15, 0.2) is 30.3 Å². The predicted molar refractivity (Wildman–Crippen MR) is 82.1 cm³/mol. The van der Waals surface area contributed by atoms with E-state index in [1.165, 1.54) is 6.07 Å². The lowest BCUT2D eigenvalue weighted by atomic mass is 10.1. The van der Waals surface area contributed by atoms with Crippen LogP contribution in [0, 0.1) is 5.82 Å². The van der Waals surface area contributed by atoms with E-state index in [1.807, 2.05) is 6.07 Å². The van der Waals surface area contributed by atoms with Crippen LogP contribution in [0.25, 0.3) is 11.3 Å². The van der Waals surface area contributed by atoms with E-state index < -0.39 is 5.82 Å². The van der Waals surface area contributed by atoms with Crippen LogP contribution in [0.2, 0.25) is 5.02 Å². The van der Waals surface area contributed by atoms with Crippen molar-refractivity contribution in [1.82, 2.24) is 4.98 Å². The van der Waals surface area contributed by atoms with Crippen LogP contribution in [0.3, 0.4) is 0 Å². The maximum Gasteiger partial charge on any atom is 0.141 e. The van der Waals surface area contributed by atoms with Crippen molar-refractivity contribution in [2.45, 2.75) is 0 Å². The summed E-state index contributed by atoms with van der Waals surface area (Å²) < 4.78 is 18.6. The van der Waals surface area contributed by atoms with Crippen molar-refractivity contribution in [3.8, 4) is 11.3 Å². The van der Waals surface area contributed by atoms with Crippen molar-refractivity contribution in [3.05, 3.63) is 41.2 Å². The lowest BCUT2D eigenvalue weighted by Crippen LogP contribution is -2.36. The molecule has 2 heterocycles. The van der Waals surface area contributed by atoms with Crippen LogP contribution in [0.1, 0.15) is 0 Å². The van der Waals surface area contributed by atoms with Crippen LogP contribution in [-0.4, -0.2) is 31.3 Å². The Balaban J connectivity index is 1.98. The van der Waals surface area contributed by atoms with Gasteiger partial charge in [-0.2, -0.15) is 0 Å². The van der Waals surface area contributed by atoms with Gasteiger partial charge in [-0.05, 0) is 24.3 Å². The van der Waals surface area contributed by atoms with Crippen LogP contribution < -0.4 is 10.6 Å². The van der Waals surface area contributed by atoms with E-state index in [1.54, 1.807) is 18.2 Å². The molecule has 0 aliphatic carbocycles. The Bertz CT molecular complexity index is 659. The number of nitrogen functional groups attached to an aromatic ring is 1. The number of aromatic nitrogens is 1. The van der Waals surface area contributed by atoms with Crippen molar-refractivity contribution in [3.63, 3.8) is 0 Å². The summed E-state index contributed by atoms with van der Waals surface area (Å²) >= 11 is 5.83. The lowest BCUT2D eigenvalue weighted by molar-refractivity contribution is 0.122. The molecule has 1 aromatic carbocycles. The van der Waals surface area contributed by atoms with Gasteiger partial charge < -0.3 is 15.4 Å². The fraction of sp³-hybridized carbons (Fsp3) is 0.267. The number of pyridine rings is 1. The minimum Gasteiger partial charge on any atom is -0.399 e. The Hall–Kier alpha value is -1.85. The van der Waals surface area contributed by atoms with E-state index in [9.17, 15) is 4.39 Å². The summed E-state index contributed by atoms with van der Waals surface area (Å²) in [7, 11) is 0. The van der Waals surface area contributed by atoms with Gasteiger partial charge in [-0.25, -0.2) is 9.37 Å². The van der Waals surface area contributed by atoms with Gasteiger partial charge >= 0.3 is 0 Å². The molecule has 1 fully saturated rings. The van der Waals surface area contributed by atoms with Gasteiger partial charge in [0.05, 0.1) is 23.9 Å². The van der Waals surface area contributed by atoms with E-state index in [2.05, 4.69) is 9.88 Å². The number of ether oxygens (including phenoxy) is 1. The zero-order chi connectivity index (χ0) is 14.8. The van der Waals surface area contributed by atoms with Crippen molar-refractivity contribution in [2.24, 2.45) is 0 Å². The van der Waals surface area contributed by atoms with E-state index in [0.29, 0.717) is 24.6 Å². The molecule has 0 radical (unpaired) electrons. The maximum absolute atomic E-state index is 13.3. The monoisotopic (exact) mass is 307 g/mol. The van der Waals surface area contributed by atoms with Gasteiger partial charge in [-0.15, -0.1) is 0 Å². The third kappa shape index (κ3) is 3.09. The number of nitrogens with two attached hydrogens (primary N) is 1. The highest BCUT2D eigenvalue weighted by Gasteiger charge is 2.14. The Labute approximate surface area is 127 Å². The molecule has 1 aromatic heterocycles. The highest BCUT2D eigenvalue weighted by atomic mass is 35.5. The minimum absolute atomic E-state index is 0.0737. The van der Waals surface area contributed by atoms with E-state index in [0.717, 1.165) is 24.5 Å². The van der Waals surface area contributed by atoms with Gasteiger partial charge in [-0.3, -0.25) is 0 Å². The summed E-state index contributed by atoms with van der Waals surface area (Å²) in [6.07, 6.45) is 0. The highest BCUT2D eigenvalue weighted by Crippen LogP contribution is 2.27. The summed E-state index contributed by atoms with van der Waals surface area (Å²) in [4.78, 5) is 6.73. The molecule has 0 atom stereocenters. The van der Waals surface area contributed by atoms with Crippen LogP contribution in [0.5, 0.6) is 0 Å². The van der Waals surface area contributed by atoms with Gasteiger partial charge in [-0.1, -0.05) is 11.6 Å². The Morgan fingerprint density at radius 1 is 1.19 bits per heavy atom. The average molecular weight is 308 g/mol. The normalized spacial score (nSPS) is 15.2. The second-order valence-electron chi connectivity index (χ2n) is 4.87. The number of hydrogen-bond donors (Lipinski definition) is 1. The number of anilines is 2. The number of morpholine rings is 1. The first-order valence-electron chi connectivity index (χ1n) is 6.69. The summed E-state index contributed by atoms with van der Waals surface area (Å²) in [5.74, 6) is 0.353. The molecular weight excluding hydrogens is 293 g/mol. The number of benzene rings is 1. The fourth-order valence-corrected chi connectivity index (χ4v) is 2.47. The molecule has 110 valence electrons. The zero-order valence-corrected chi connectivity index (χ0v) is 12.1. The molecule has 1 aliphatic rings. The topological polar surface area (TPSA) is 51.4 Å². The quantitative estimate of drug-likeness (QED) is 0.927. The van der Waals surface area contributed by atoms with Crippen molar-refractivity contribution in [2.75, 3.05) is 36.9 Å². The van der Waals surface area contributed by atoms with Gasteiger partial charge in [0.15, 0.2) is 0 Å². The van der Waals surface area contributed by atoms with Crippen LogP contribution in [0.4, 0.5) is 15.9 Å². The molecule has 1 aliphatic heterocycles. The van der Waals surface area contributed by atoms with Crippen molar-refractivity contribution in [1.29, 1.82) is 0 Å². The largest absolute Gasteiger partial charge is 0.399 e. The van der Waals surface area contributed by atoms with Crippen molar-refractivity contribution < 1.29 is 9.13 Å². The summed E-state index contributed by atoms with van der Waals surface area (Å²) in [5.41, 5.74) is 8.00. The summed E-state index contributed by atoms with van der Waals surface area (Å²) in [6.45, 7) is 2.91. The smallest absolute Gasteiger partial charge is 0.141 e. The first-order chi connectivity index (χ1) is 10.1. The minimum atomic E-state index is -0.447. The molecule has 2 N–H and O–H groups in total. The molecular formula is C15H15ClFN3O. The standard InChI is InChI=1S/C15H15ClFN3O/c16-12-7-10(1-2-13(12)17)14-8-11(18)9-15(19-14)20-3-5-21-6-4-20/h1-2,7-9H,3-6H2,(H2,18,19). The molecule has 0 unspecified atom stereocenters. The SMILES string of the molecule is Nc1cc(-c2ccc(F)c(Cl)c2)nc(N2CCOCC2)c1. The number of nitrogens with zero attached hydrogens (tertiary/aromatic N) is 2. The molecule has 21 heavy (non-hydrogen) atoms. The Morgan fingerprint density at radius 3 is 2.67 bits per heavy atom. The second kappa shape index (κ2) is 5.87. The van der Waals surface area contributed by atoms with Gasteiger partial charge in [0.25, 0.3) is 0 Å². The molecule has 0 bridgehead atoms. The van der Waals surface area contributed by atoms with Crippen LogP contribution >= 0.6 is 11.6 Å². The molecule has 4 nitrogen and oxygen atoms in total. The highest BCUT2D eigenvalue weighted by molar-refractivity contribution is 6.31. The fourth-order valence-electron chi connectivity index (χ4n) is 2.29. The third-order valence-electron chi connectivity index (χ3n) is 3.38. The molecule has 2 aromatic rings. The molecule has 1 saturated heterocycles. The average Bonchev–Trinajstić information content (AvgIpc) is 2.50. The van der Waals surface area contributed by atoms with Gasteiger partial charge in [0.2, 0.25) is 0 Å². The zero-order valence-electron chi connectivity index (χ0n) is 11.4. The number of hydrogen-bond acceptors (Lipinski definition) is 4. The van der Waals surface area contributed by atoms with Gasteiger partial charge in [0, 0.05) is 30.4 Å². The second-order valence-corrected chi connectivity index (χ2v) is 5.28. The van der Waals surface area contributed by atoms with E-state index in [4.69, 9.17) is 22.1 Å². The van der Waals surface area contributed by atoms with E-state index in [-0.39, 0.29) is 5.02 Å².